The summed E-state index contributed by atoms with van der Waals surface area (Å²) in [4.78, 5) is 0. The van der Waals surface area contributed by atoms with E-state index in [1.165, 1.54) is 6.07 Å². The molecule has 0 aliphatic rings. The summed E-state index contributed by atoms with van der Waals surface area (Å²) >= 11 is 0. The highest BCUT2D eigenvalue weighted by atomic mass is 19.1. The molecule has 0 amide bonds. The maximum absolute atomic E-state index is 13.5. The first kappa shape index (κ1) is 14.5. The molecule has 108 valence electrons. The molecule has 0 bridgehead atoms. The van der Waals surface area contributed by atoms with Gasteiger partial charge in [-0.1, -0.05) is 12.1 Å². The van der Waals surface area contributed by atoms with E-state index < -0.39 is 0 Å². The van der Waals surface area contributed by atoms with Gasteiger partial charge in [-0.3, -0.25) is 4.68 Å². The molecule has 1 aromatic heterocycles. The van der Waals surface area contributed by atoms with E-state index in [1.807, 2.05) is 27.0 Å². The van der Waals surface area contributed by atoms with Gasteiger partial charge in [-0.05, 0) is 44.4 Å². The molecule has 0 aliphatic carbocycles. The number of nitrogens with zero attached hydrogens (tertiary/aromatic N) is 3. The van der Waals surface area contributed by atoms with Crippen LogP contribution in [0.1, 0.15) is 37.9 Å². The fraction of sp³-hybridized carbons (Fsp3) is 0.467. The fourth-order valence-electron chi connectivity index (χ4n) is 2.20. The third-order valence-electron chi connectivity index (χ3n) is 3.23. The van der Waals surface area contributed by atoms with Crippen LogP contribution in [0.25, 0.3) is 0 Å². The van der Waals surface area contributed by atoms with E-state index in [2.05, 4.69) is 10.3 Å². The first-order chi connectivity index (χ1) is 9.63. The topological polar surface area (TPSA) is 39.9 Å². The van der Waals surface area contributed by atoms with Crippen molar-refractivity contribution >= 4 is 0 Å². The minimum atomic E-state index is -0.243. The van der Waals surface area contributed by atoms with Crippen LogP contribution in [0, 0.1) is 5.82 Å². The third-order valence-corrected chi connectivity index (χ3v) is 3.23. The zero-order valence-electron chi connectivity index (χ0n) is 12.1. The molecular weight excluding hydrogens is 257 g/mol. The average molecular weight is 277 g/mol. The van der Waals surface area contributed by atoms with E-state index in [0.717, 1.165) is 23.6 Å². The lowest BCUT2D eigenvalue weighted by Gasteiger charge is -2.15. The Bertz CT molecular complexity index is 568. The normalized spacial score (nSPS) is 12.4. The molecule has 2 aromatic rings. The van der Waals surface area contributed by atoms with Gasteiger partial charge in [-0.25, -0.2) is 4.39 Å². The van der Waals surface area contributed by atoms with E-state index >= 15 is 0 Å². The molecule has 0 fully saturated rings. The summed E-state index contributed by atoms with van der Waals surface area (Å²) in [6.45, 7) is 7.34. The Morgan fingerprint density at radius 1 is 1.35 bits per heavy atom. The van der Waals surface area contributed by atoms with Crippen molar-refractivity contribution in [1.82, 2.24) is 15.0 Å². The van der Waals surface area contributed by atoms with Gasteiger partial charge in [0, 0.05) is 18.3 Å². The number of benzene rings is 1. The first-order valence-electron chi connectivity index (χ1n) is 6.95. The number of aryl methyl sites for hydroxylation is 1. The van der Waals surface area contributed by atoms with Gasteiger partial charge in [0.15, 0.2) is 0 Å². The number of halogens is 1. The van der Waals surface area contributed by atoms with Gasteiger partial charge < -0.3 is 4.74 Å². The van der Waals surface area contributed by atoms with Crippen molar-refractivity contribution in [1.29, 1.82) is 0 Å². The Hall–Kier alpha value is -1.91. The second-order valence-electron chi connectivity index (χ2n) is 4.79. The van der Waals surface area contributed by atoms with Gasteiger partial charge >= 0.3 is 0 Å². The predicted molar refractivity (Wildman–Crippen MR) is 75.4 cm³/mol. The smallest absolute Gasteiger partial charge is 0.123 e. The Kier molecular flexibility index (Phi) is 4.71. The van der Waals surface area contributed by atoms with E-state index in [9.17, 15) is 4.39 Å². The van der Waals surface area contributed by atoms with Gasteiger partial charge in [0.25, 0.3) is 0 Å². The quantitative estimate of drug-likeness (QED) is 0.814. The third kappa shape index (κ3) is 3.35. The second kappa shape index (κ2) is 6.50. The minimum Gasteiger partial charge on any atom is -0.494 e. The SMILES string of the molecule is CCOc1ccc(F)cc1C(C)Cc1cn(CC)nn1. The fourth-order valence-corrected chi connectivity index (χ4v) is 2.20. The molecule has 1 aromatic carbocycles. The van der Waals surface area contributed by atoms with Crippen LogP contribution in [0.15, 0.2) is 24.4 Å². The number of ether oxygens (including phenoxy) is 1. The average Bonchev–Trinajstić information content (AvgIpc) is 2.88. The van der Waals surface area contributed by atoms with Crippen LogP contribution < -0.4 is 4.74 Å². The van der Waals surface area contributed by atoms with Crippen LogP contribution >= 0.6 is 0 Å². The lowest BCUT2D eigenvalue weighted by atomic mass is 9.95. The zero-order chi connectivity index (χ0) is 14.5. The first-order valence-corrected chi connectivity index (χ1v) is 6.95. The number of aromatic nitrogens is 3. The van der Waals surface area contributed by atoms with E-state index in [0.29, 0.717) is 13.0 Å². The molecule has 0 aliphatic heterocycles. The van der Waals surface area contributed by atoms with Crippen molar-refractivity contribution < 1.29 is 9.13 Å². The van der Waals surface area contributed by atoms with Crippen LogP contribution in [0.4, 0.5) is 4.39 Å². The van der Waals surface area contributed by atoms with Gasteiger partial charge in [-0.2, -0.15) is 0 Å². The predicted octanol–water partition coefficient (Wildman–Crippen LogP) is 3.18. The van der Waals surface area contributed by atoms with Crippen LogP contribution in [0.2, 0.25) is 0 Å². The van der Waals surface area contributed by atoms with E-state index in [1.54, 1.807) is 16.8 Å². The highest BCUT2D eigenvalue weighted by Gasteiger charge is 2.15. The van der Waals surface area contributed by atoms with Crippen molar-refractivity contribution in [3.63, 3.8) is 0 Å². The highest BCUT2D eigenvalue weighted by molar-refractivity contribution is 5.37. The standard InChI is InChI=1S/C15H20FN3O/c1-4-19-10-13(17-18-19)8-11(3)14-9-12(16)6-7-15(14)20-5-2/h6-7,9-11H,4-5,8H2,1-3H3. The van der Waals surface area contributed by atoms with Gasteiger partial charge in [0.2, 0.25) is 0 Å². The van der Waals surface area contributed by atoms with E-state index in [4.69, 9.17) is 4.74 Å². The van der Waals surface area contributed by atoms with Gasteiger partial charge in [0.05, 0.1) is 12.3 Å². The van der Waals surface area contributed by atoms with Crippen molar-refractivity contribution in [2.45, 2.75) is 39.7 Å². The molecule has 4 nitrogen and oxygen atoms in total. The molecular formula is C15H20FN3O. The van der Waals surface area contributed by atoms with Crippen LogP contribution in [-0.4, -0.2) is 21.6 Å². The summed E-state index contributed by atoms with van der Waals surface area (Å²) in [5.41, 5.74) is 1.78. The van der Waals surface area contributed by atoms with Crippen LogP contribution in [0.5, 0.6) is 5.75 Å². The summed E-state index contributed by atoms with van der Waals surface area (Å²) in [6, 6.07) is 4.65. The molecule has 1 unspecified atom stereocenters. The Labute approximate surface area is 118 Å². The Morgan fingerprint density at radius 3 is 2.80 bits per heavy atom. The summed E-state index contributed by atoms with van der Waals surface area (Å²) < 4.78 is 20.8. The molecule has 0 saturated heterocycles. The minimum absolute atomic E-state index is 0.120. The van der Waals surface area contributed by atoms with Gasteiger partial charge in [-0.15, -0.1) is 5.10 Å². The number of hydrogen-bond acceptors (Lipinski definition) is 3. The molecule has 0 N–H and O–H groups in total. The van der Waals surface area contributed by atoms with Gasteiger partial charge in [0.1, 0.15) is 11.6 Å². The van der Waals surface area contributed by atoms with Crippen molar-refractivity contribution in [3.05, 3.63) is 41.5 Å². The summed E-state index contributed by atoms with van der Waals surface area (Å²) in [7, 11) is 0. The molecule has 5 heteroatoms. The molecule has 0 radical (unpaired) electrons. The summed E-state index contributed by atoms with van der Waals surface area (Å²) in [6.07, 6.45) is 2.64. The van der Waals surface area contributed by atoms with Crippen LogP contribution in [-0.2, 0) is 13.0 Å². The molecule has 0 saturated carbocycles. The molecule has 20 heavy (non-hydrogen) atoms. The number of hydrogen-bond donors (Lipinski definition) is 0. The largest absolute Gasteiger partial charge is 0.494 e. The molecule has 1 atom stereocenters. The number of rotatable bonds is 6. The lowest BCUT2D eigenvalue weighted by molar-refractivity contribution is 0.333. The molecule has 1 heterocycles. The monoisotopic (exact) mass is 277 g/mol. The Balaban J connectivity index is 2.19. The van der Waals surface area contributed by atoms with Crippen molar-refractivity contribution in [2.75, 3.05) is 6.61 Å². The second-order valence-corrected chi connectivity index (χ2v) is 4.79. The summed E-state index contributed by atoms with van der Waals surface area (Å²) in [5, 5.41) is 8.15. The van der Waals surface area contributed by atoms with Crippen LogP contribution in [0.3, 0.4) is 0 Å². The van der Waals surface area contributed by atoms with Crippen molar-refractivity contribution in [3.8, 4) is 5.75 Å². The van der Waals surface area contributed by atoms with Crippen molar-refractivity contribution in [2.24, 2.45) is 0 Å². The molecule has 2 rings (SSSR count). The highest BCUT2D eigenvalue weighted by Crippen LogP contribution is 2.29. The molecule has 0 spiro atoms. The maximum Gasteiger partial charge on any atom is 0.123 e. The Morgan fingerprint density at radius 2 is 2.15 bits per heavy atom. The van der Waals surface area contributed by atoms with E-state index in [-0.39, 0.29) is 11.7 Å². The zero-order valence-corrected chi connectivity index (χ0v) is 12.1. The summed E-state index contributed by atoms with van der Waals surface area (Å²) in [5.74, 6) is 0.617. The maximum atomic E-state index is 13.5. The lowest BCUT2D eigenvalue weighted by Crippen LogP contribution is -2.04.